The molecule has 0 saturated heterocycles. The van der Waals surface area contributed by atoms with E-state index in [1.807, 2.05) is 100 Å². The van der Waals surface area contributed by atoms with Gasteiger partial charge in [0, 0.05) is 20.3 Å². The summed E-state index contributed by atoms with van der Waals surface area (Å²) in [4.78, 5) is 2.04. The molecular formula is C70H107N. The Balaban J connectivity index is 0. The molecule has 0 radical (unpaired) electrons. The lowest BCUT2D eigenvalue weighted by atomic mass is 9.86. The van der Waals surface area contributed by atoms with Gasteiger partial charge in [-0.15, -0.1) is 19.7 Å². The number of hydrogen-bond donors (Lipinski definition) is 0. The van der Waals surface area contributed by atoms with Crippen molar-refractivity contribution in [2.45, 2.75) is 164 Å². The van der Waals surface area contributed by atoms with E-state index < -0.39 is 0 Å². The van der Waals surface area contributed by atoms with E-state index in [0.29, 0.717) is 0 Å². The van der Waals surface area contributed by atoms with Crippen molar-refractivity contribution in [2.24, 2.45) is 29.6 Å². The van der Waals surface area contributed by atoms with E-state index in [9.17, 15) is 0 Å². The van der Waals surface area contributed by atoms with Crippen molar-refractivity contribution in [3.05, 3.63) is 225 Å². The van der Waals surface area contributed by atoms with Crippen LogP contribution in [0.4, 0.5) is 0 Å². The Morgan fingerprint density at radius 1 is 0.704 bits per heavy atom. The average Bonchev–Trinajstić information content (AvgIpc) is 4.27. The summed E-state index contributed by atoms with van der Waals surface area (Å²) in [6.07, 6.45) is 70.9. The van der Waals surface area contributed by atoms with E-state index >= 15 is 0 Å². The molecule has 0 heterocycles. The van der Waals surface area contributed by atoms with Crippen molar-refractivity contribution in [3.63, 3.8) is 0 Å². The fraction of sp³-hybridized carbons (Fsp3) is 0.457. The normalized spacial score (nSPS) is 20.5. The van der Waals surface area contributed by atoms with E-state index in [1.54, 1.807) is 17.7 Å². The molecule has 1 heteroatoms. The number of allylic oxidation sites excluding steroid dienone is 24. The van der Waals surface area contributed by atoms with Gasteiger partial charge in [0.2, 0.25) is 0 Å². The molecule has 1 nitrogen and oxygen atoms in total. The van der Waals surface area contributed by atoms with Gasteiger partial charge in [0.05, 0.1) is 0 Å². The Morgan fingerprint density at radius 2 is 1.21 bits per heavy atom. The molecule has 0 aliphatic heterocycles. The third kappa shape index (κ3) is 45.7. The lowest BCUT2D eigenvalue weighted by molar-refractivity contribution is 0.540. The average molecular weight is 963 g/mol. The minimum Gasteiger partial charge on any atom is -0.383 e. The molecule has 392 valence electrons. The topological polar surface area (TPSA) is 3.24 Å². The fourth-order valence-corrected chi connectivity index (χ4v) is 7.75. The van der Waals surface area contributed by atoms with Crippen LogP contribution >= 0.6 is 0 Å². The smallest absolute Gasteiger partial charge is 0.00586 e. The molecule has 0 N–H and O–H groups in total. The summed E-state index contributed by atoms with van der Waals surface area (Å²) in [5, 5.41) is 0. The Hall–Kier alpha value is -5.14. The minimum atomic E-state index is 0.767. The number of benzene rings is 1. The Morgan fingerprint density at radius 3 is 1.45 bits per heavy atom. The molecule has 1 aromatic rings. The molecule has 9 rings (SSSR count). The van der Waals surface area contributed by atoms with Crippen LogP contribution in [0, 0.1) is 29.6 Å². The van der Waals surface area contributed by atoms with Gasteiger partial charge in [-0.2, -0.15) is 0 Å². The van der Waals surface area contributed by atoms with Crippen LogP contribution in [0.25, 0.3) is 6.08 Å². The van der Waals surface area contributed by atoms with Gasteiger partial charge in [0.15, 0.2) is 0 Å². The second-order valence-electron chi connectivity index (χ2n) is 19.6. The SMILES string of the molecule is C1=CC2C=CC1C2.C1=CC2CCC1C2.C1=CCCC1.C1=CCCCC1.C=C(C)C.C=C(C)C1CC=C(C)CC1.C=C/C=C/CC.C=CC.C=CCCCC.C=Cc1ccccc1.CN(C)C=C1C=CC=C1. The van der Waals surface area contributed by atoms with Crippen molar-refractivity contribution in [3.8, 4) is 0 Å². The van der Waals surface area contributed by atoms with Crippen LogP contribution in [-0.2, 0) is 0 Å². The molecule has 4 bridgehead atoms. The molecule has 0 aromatic heterocycles. The number of hydrogen-bond acceptors (Lipinski definition) is 1. The lowest BCUT2D eigenvalue weighted by Gasteiger charge is -2.19. The van der Waals surface area contributed by atoms with Crippen LogP contribution < -0.4 is 0 Å². The molecule has 3 atom stereocenters. The maximum Gasteiger partial charge on any atom is 0.00586 e. The van der Waals surface area contributed by atoms with Crippen molar-refractivity contribution >= 4 is 6.08 Å². The fourth-order valence-electron chi connectivity index (χ4n) is 7.75. The summed E-state index contributed by atoms with van der Waals surface area (Å²) >= 11 is 0. The van der Waals surface area contributed by atoms with E-state index in [2.05, 4.69) is 158 Å². The number of unbranched alkanes of at least 4 members (excludes halogenated alkanes) is 2. The standard InChI is InChI=1S/C10H16.C8H11N.C8H8.C7H10.C7H8.C6H10.C6H12.C6H10.C5H8.C4H8.C3H6/c1-8(2)10-6-4-9(3)5-7-10;1-9(2)7-8-5-3-4-6-8;1-2-8-6-4-3-5-7-8;2*1-2-7-4-3-6(1)5-7;1-2-4-6-5-3-1;2*1-3-5-6-4-2;1-2-4-5-3-1;1-4(2)3;1-3-2/h4,10H,1,5-7H2,2-3H3;3-7H,1-2H3;2-7H,1H2;1-2,6-7H,3-5H2;1-4,6-7H,5H2;1-2H,3-6H2;3H,1,4-6H2,2H3;3,5-6H,1,4H2,2H3;1-2H,3-5H2;1H2,2-3H3;3H,1H2,2H3/b;;;;;;;6-5+;;;. The monoisotopic (exact) mass is 962 g/mol. The van der Waals surface area contributed by atoms with Gasteiger partial charge in [0.1, 0.15) is 0 Å². The van der Waals surface area contributed by atoms with Crippen LogP contribution in [0.3, 0.4) is 0 Å². The van der Waals surface area contributed by atoms with Gasteiger partial charge >= 0.3 is 0 Å². The number of nitrogens with zero attached hydrogens (tertiary/aromatic N) is 1. The van der Waals surface area contributed by atoms with Gasteiger partial charge in [-0.25, -0.2) is 0 Å². The first-order valence-corrected chi connectivity index (χ1v) is 27.4. The van der Waals surface area contributed by atoms with E-state index in [4.69, 9.17) is 0 Å². The molecular weight excluding hydrogens is 855 g/mol. The largest absolute Gasteiger partial charge is 0.383 e. The van der Waals surface area contributed by atoms with Gasteiger partial charge in [-0.05, 0) is 178 Å². The Labute approximate surface area is 442 Å². The maximum absolute atomic E-state index is 3.97. The molecule has 71 heavy (non-hydrogen) atoms. The molecule has 1 aromatic carbocycles. The highest BCUT2D eigenvalue weighted by atomic mass is 15.0. The summed E-state index contributed by atoms with van der Waals surface area (Å²) < 4.78 is 0. The first-order chi connectivity index (χ1) is 34.3. The second-order valence-corrected chi connectivity index (χ2v) is 19.6. The molecule has 1 saturated carbocycles. The summed E-state index contributed by atoms with van der Waals surface area (Å²) in [5.74, 6) is 4.37. The first kappa shape index (κ1) is 67.9. The van der Waals surface area contributed by atoms with Gasteiger partial charge in [0.25, 0.3) is 0 Å². The predicted octanol–water partition coefficient (Wildman–Crippen LogP) is 22.0. The highest BCUT2D eigenvalue weighted by Gasteiger charge is 2.25. The van der Waals surface area contributed by atoms with E-state index in [0.717, 1.165) is 36.0 Å². The maximum atomic E-state index is 3.97. The Kier molecular flexibility index (Phi) is 47.7. The first-order valence-electron chi connectivity index (χ1n) is 27.4. The molecule has 0 amide bonds. The van der Waals surface area contributed by atoms with E-state index in [-0.39, 0.29) is 0 Å². The molecule has 0 spiro atoms. The van der Waals surface area contributed by atoms with Crippen LogP contribution in [-0.4, -0.2) is 19.0 Å². The Bertz CT molecular complexity index is 1750. The second kappa shape index (κ2) is 49.8. The van der Waals surface area contributed by atoms with Gasteiger partial charge in [-0.1, -0.05) is 221 Å². The predicted molar refractivity (Wildman–Crippen MR) is 329 cm³/mol. The summed E-state index contributed by atoms with van der Waals surface area (Å²) in [7, 11) is 4.04. The molecule has 3 unspecified atom stereocenters. The van der Waals surface area contributed by atoms with Crippen LogP contribution in [0.1, 0.15) is 170 Å². The zero-order chi connectivity index (χ0) is 53.2. The lowest BCUT2D eigenvalue weighted by Crippen LogP contribution is -2.04. The van der Waals surface area contributed by atoms with Crippen LogP contribution in [0.2, 0.25) is 0 Å². The number of fused-ring (bicyclic) bond motifs is 4. The quantitative estimate of drug-likeness (QED) is 0.143. The van der Waals surface area contributed by atoms with E-state index in [1.165, 1.54) is 131 Å². The van der Waals surface area contributed by atoms with Crippen molar-refractivity contribution in [1.82, 2.24) is 4.90 Å². The summed E-state index contributed by atoms with van der Waals surface area (Å²) in [5.41, 5.74) is 6.51. The third-order valence-electron chi connectivity index (χ3n) is 11.7. The highest BCUT2D eigenvalue weighted by Crippen LogP contribution is 2.38. The van der Waals surface area contributed by atoms with Gasteiger partial charge < -0.3 is 4.90 Å². The van der Waals surface area contributed by atoms with Crippen molar-refractivity contribution in [1.29, 1.82) is 0 Å². The zero-order valence-electron chi connectivity index (χ0n) is 47.4. The third-order valence-corrected chi connectivity index (χ3v) is 11.7. The number of rotatable bonds is 8. The summed E-state index contributed by atoms with van der Waals surface area (Å²) in [6, 6.07) is 10.0. The molecule has 1 fully saturated rings. The minimum absolute atomic E-state index is 0.767. The molecule has 8 aliphatic carbocycles. The highest BCUT2D eigenvalue weighted by molar-refractivity contribution is 5.45. The summed E-state index contributed by atoms with van der Waals surface area (Å²) in [6.45, 7) is 36.1. The van der Waals surface area contributed by atoms with Crippen LogP contribution in [0.15, 0.2) is 220 Å². The van der Waals surface area contributed by atoms with Crippen molar-refractivity contribution < 1.29 is 0 Å². The zero-order valence-corrected chi connectivity index (χ0v) is 47.4. The van der Waals surface area contributed by atoms with Crippen molar-refractivity contribution in [2.75, 3.05) is 14.1 Å². The van der Waals surface area contributed by atoms with Crippen LogP contribution in [0.5, 0.6) is 0 Å². The van der Waals surface area contributed by atoms with Gasteiger partial charge in [-0.3, -0.25) is 0 Å². The molecule has 8 aliphatic rings.